The van der Waals surface area contributed by atoms with E-state index in [9.17, 15) is 22.4 Å². The van der Waals surface area contributed by atoms with Gasteiger partial charge in [0.1, 0.15) is 18.4 Å². The van der Waals surface area contributed by atoms with Crippen molar-refractivity contribution in [2.24, 2.45) is 0 Å². The number of nitrogens with zero attached hydrogens (tertiary/aromatic N) is 2. The molecule has 0 aliphatic heterocycles. The van der Waals surface area contributed by atoms with E-state index in [1.807, 2.05) is 13.8 Å². The van der Waals surface area contributed by atoms with E-state index in [2.05, 4.69) is 5.32 Å². The zero-order chi connectivity index (χ0) is 28.7. The van der Waals surface area contributed by atoms with Crippen LogP contribution in [0.1, 0.15) is 38.3 Å². The summed E-state index contributed by atoms with van der Waals surface area (Å²) in [6.07, 6.45) is 0.678. The van der Waals surface area contributed by atoms with Crippen molar-refractivity contribution in [2.75, 3.05) is 10.8 Å². The minimum absolute atomic E-state index is 0.0160. The number of hydrogen-bond acceptors (Lipinski definition) is 4. The van der Waals surface area contributed by atoms with Crippen LogP contribution >= 0.6 is 11.6 Å². The number of aryl methyl sites for hydroxylation is 1. The third-order valence-corrected chi connectivity index (χ3v) is 8.72. The third kappa shape index (κ3) is 7.36. The van der Waals surface area contributed by atoms with E-state index in [4.69, 9.17) is 11.6 Å². The molecule has 39 heavy (non-hydrogen) atoms. The predicted octanol–water partition coefficient (Wildman–Crippen LogP) is 5.31. The summed E-state index contributed by atoms with van der Waals surface area (Å²) < 4.78 is 43.1. The van der Waals surface area contributed by atoms with Crippen molar-refractivity contribution in [1.82, 2.24) is 10.2 Å². The largest absolute Gasteiger partial charge is 0.352 e. The molecular weight excluding hydrogens is 541 g/mol. The minimum Gasteiger partial charge on any atom is -0.352 e. The van der Waals surface area contributed by atoms with Gasteiger partial charge in [0.2, 0.25) is 11.8 Å². The van der Waals surface area contributed by atoms with Crippen LogP contribution in [0.15, 0.2) is 77.7 Å². The molecule has 0 saturated carbocycles. The van der Waals surface area contributed by atoms with Crippen molar-refractivity contribution < 1.29 is 22.4 Å². The highest BCUT2D eigenvalue weighted by molar-refractivity contribution is 7.92. The van der Waals surface area contributed by atoms with Gasteiger partial charge in [-0.1, -0.05) is 61.0 Å². The Morgan fingerprint density at radius 2 is 1.64 bits per heavy atom. The molecule has 0 bridgehead atoms. The summed E-state index contributed by atoms with van der Waals surface area (Å²) >= 11 is 6.32. The molecule has 2 amide bonds. The first-order valence-electron chi connectivity index (χ1n) is 12.6. The zero-order valence-electron chi connectivity index (χ0n) is 22.4. The average Bonchev–Trinajstić information content (AvgIpc) is 2.92. The van der Waals surface area contributed by atoms with Crippen LogP contribution in [0.4, 0.5) is 10.1 Å². The number of hydrogen-bond donors (Lipinski definition) is 1. The van der Waals surface area contributed by atoms with E-state index < -0.39 is 40.2 Å². The number of carbonyl (C=O) groups excluding carboxylic acids is 2. The summed E-state index contributed by atoms with van der Waals surface area (Å²) in [5, 5.41) is 3.18. The Morgan fingerprint density at radius 1 is 1.00 bits per heavy atom. The quantitative estimate of drug-likeness (QED) is 0.337. The molecule has 3 aromatic carbocycles. The van der Waals surface area contributed by atoms with E-state index in [-0.39, 0.29) is 28.7 Å². The van der Waals surface area contributed by atoms with E-state index in [0.717, 1.165) is 9.87 Å². The topological polar surface area (TPSA) is 86.8 Å². The lowest BCUT2D eigenvalue weighted by Crippen LogP contribution is -2.52. The lowest BCUT2D eigenvalue weighted by molar-refractivity contribution is -0.139. The molecule has 10 heteroatoms. The number of anilines is 1. The van der Waals surface area contributed by atoms with Gasteiger partial charge in [-0.25, -0.2) is 12.8 Å². The van der Waals surface area contributed by atoms with Crippen LogP contribution in [0.2, 0.25) is 5.02 Å². The summed E-state index contributed by atoms with van der Waals surface area (Å²) in [4.78, 5) is 28.1. The maximum absolute atomic E-state index is 14.6. The molecule has 0 aromatic heterocycles. The van der Waals surface area contributed by atoms with Gasteiger partial charge in [0.25, 0.3) is 10.0 Å². The molecule has 0 spiro atoms. The van der Waals surface area contributed by atoms with Gasteiger partial charge >= 0.3 is 0 Å². The van der Waals surface area contributed by atoms with Gasteiger partial charge in [0, 0.05) is 23.2 Å². The van der Waals surface area contributed by atoms with Gasteiger partial charge in [-0.15, -0.1) is 0 Å². The van der Waals surface area contributed by atoms with Crippen LogP contribution < -0.4 is 9.62 Å². The van der Waals surface area contributed by atoms with Gasteiger partial charge in [0.05, 0.1) is 10.6 Å². The highest BCUT2D eigenvalue weighted by atomic mass is 35.5. The van der Waals surface area contributed by atoms with E-state index in [1.54, 1.807) is 43.3 Å². The summed E-state index contributed by atoms with van der Waals surface area (Å²) in [5.74, 6) is -1.64. The Bertz CT molecular complexity index is 1420. The normalized spacial score (nSPS) is 12.9. The SMILES string of the molecule is CC[C@@H](C)NC(=O)[C@@H](C)N(Cc1ccccc1F)C(=O)CN(c1ccc(C)c(Cl)c1)S(=O)(=O)c1ccccc1. The Morgan fingerprint density at radius 3 is 2.26 bits per heavy atom. The Hall–Kier alpha value is -3.43. The lowest BCUT2D eigenvalue weighted by Gasteiger charge is -2.32. The highest BCUT2D eigenvalue weighted by Gasteiger charge is 2.33. The Kier molecular flexibility index (Phi) is 10.1. The molecule has 2 atom stereocenters. The average molecular weight is 574 g/mol. The first kappa shape index (κ1) is 30.1. The van der Waals surface area contributed by atoms with Crippen LogP contribution in [-0.2, 0) is 26.2 Å². The maximum Gasteiger partial charge on any atom is 0.264 e. The second kappa shape index (κ2) is 13.1. The van der Waals surface area contributed by atoms with Gasteiger partial charge in [-0.05, 0) is 63.1 Å². The molecule has 0 heterocycles. The van der Waals surface area contributed by atoms with Gasteiger partial charge < -0.3 is 10.2 Å². The molecule has 3 rings (SSSR count). The standard InChI is InChI=1S/C29H33ClFN3O4S/c1-5-21(3)32-29(36)22(4)33(18-23-11-9-10-14-27(23)31)28(35)19-34(24-16-15-20(2)26(30)17-24)39(37,38)25-12-7-6-8-13-25/h6-17,21-22H,5,18-19H2,1-4H3,(H,32,36)/t21-,22-/m1/s1. The second-order valence-corrected chi connectivity index (χ2v) is 11.6. The van der Waals surface area contributed by atoms with Gasteiger partial charge in [0.15, 0.2) is 0 Å². The second-order valence-electron chi connectivity index (χ2n) is 9.37. The Labute approximate surface area is 234 Å². The van der Waals surface area contributed by atoms with E-state index in [1.165, 1.54) is 48.2 Å². The summed E-state index contributed by atoms with van der Waals surface area (Å²) in [7, 11) is -4.21. The number of benzene rings is 3. The molecule has 0 aliphatic carbocycles. The minimum atomic E-state index is -4.21. The van der Waals surface area contributed by atoms with Crippen LogP contribution in [0.25, 0.3) is 0 Å². The van der Waals surface area contributed by atoms with Crippen LogP contribution in [0.3, 0.4) is 0 Å². The number of carbonyl (C=O) groups is 2. The first-order valence-corrected chi connectivity index (χ1v) is 14.4. The molecule has 0 aliphatic rings. The number of sulfonamides is 1. The Balaban J connectivity index is 2.05. The molecule has 7 nitrogen and oxygen atoms in total. The van der Waals surface area contributed by atoms with Crippen molar-refractivity contribution in [2.45, 2.75) is 57.6 Å². The predicted molar refractivity (Wildman–Crippen MR) is 151 cm³/mol. The fourth-order valence-electron chi connectivity index (χ4n) is 3.84. The molecule has 0 fully saturated rings. The van der Waals surface area contributed by atoms with E-state index >= 15 is 0 Å². The molecule has 0 radical (unpaired) electrons. The van der Waals surface area contributed by atoms with Gasteiger partial charge in [-0.3, -0.25) is 13.9 Å². The maximum atomic E-state index is 14.6. The van der Waals surface area contributed by atoms with Crippen LogP contribution in [-0.4, -0.2) is 43.8 Å². The summed E-state index contributed by atoms with van der Waals surface area (Å²) in [6.45, 7) is 6.20. The van der Waals surface area contributed by atoms with Crippen LogP contribution in [0.5, 0.6) is 0 Å². The smallest absolute Gasteiger partial charge is 0.264 e. The van der Waals surface area contributed by atoms with Crippen molar-refractivity contribution in [3.05, 3.63) is 94.8 Å². The number of halogens is 2. The van der Waals surface area contributed by atoms with Crippen molar-refractivity contribution in [3.63, 3.8) is 0 Å². The summed E-state index contributed by atoms with van der Waals surface area (Å²) in [5.41, 5.74) is 1.12. The van der Waals surface area contributed by atoms with Gasteiger partial charge in [-0.2, -0.15) is 0 Å². The molecule has 0 saturated heterocycles. The zero-order valence-corrected chi connectivity index (χ0v) is 24.0. The fourth-order valence-corrected chi connectivity index (χ4v) is 5.45. The first-order chi connectivity index (χ1) is 18.4. The number of amides is 2. The molecule has 3 aromatic rings. The molecule has 0 unspecified atom stereocenters. The fraction of sp³-hybridized carbons (Fsp3) is 0.310. The van der Waals surface area contributed by atoms with Crippen LogP contribution in [0, 0.1) is 12.7 Å². The lowest BCUT2D eigenvalue weighted by atomic mass is 10.1. The molecule has 208 valence electrons. The monoisotopic (exact) mass is 573 g/mol. The molecule has 1 N–H and O–H groups in total. The van der Waals surface area contributed by atoms with E-state index in [0.29, 0.717) is 11.4 Å². The van der Waals surface area contributed by atoms with Crippen molar-refractivity contribution in [1.29, 1.82) is 0 Å². The number of rotatable bonds is 11. The summed E-state index contributed by atoms with van der Waals surface area (Å²) in [6, 6.07) is 17.2. The third-order valence-electron chi connectivity index (χ3n) is 6.52. The highest BCUT2D eigenvalue weighted by Crippen LogP contribution is 2.28. The molecular formula is C29H33ClFN3O4S. The number of nitrogens with one attached hydrogen (secondary N) is 1. The van der Waals surface area contributed by atoms with Crippen molar-refractivity contribution >= 4 is 39.1 Å². The van der Waals surface area contributed by atoms with Crippen molar-refractivity contribution in [3.8, 4) is 0 Å².